The minimum absolute atomic E-state index is 0.209. The molecule has 3 rings (SSSR count). The van der Waals surface area contributed by atoms with Gasteiger partial charge in [0.05, 0.1) is 30.8 Å². The van der Waals surface area contributed by atoms with Crippen LogP contribution in [0.4, 0.5) is 0 Å². The lowest BCUT2D eigenvalue weighted by atomic mass is 9.79. The lowest BCUT2D eigenvalue weighted by Gasteiger charge is -2.34. The van der Waals surface area contributed by atoms with Gasteiger partial charge in [0, 0.05) is 13.0 Å². The number of hydrogen-bond acceptors (Lipinski definition) is 6. The zero-order valence-electron chi connectivity index (χ0n) is 13.0. The van der Waals surface area contributed by atoms with Crippen LogP contribution in [-0.4, -0.2) is 54.5 Å². The molecule has 1 aliphatic heterocycles. The first-order valence-corrected chi connectivity index (χ1v) is 8.29. The third kappa shape index (κ3) is 3.62. The van der Waals surface area contributed by atoms with E-state index in [0.717, 1.165) is 19.3 Å². The molecule has 0 radical (unpaired) electrons. The Morgan fingerprint density at radius 2 is 2.05 bits per heavy atom. The van der Waals surface area contributed by atoms with Gasteiger partial charge in [0.15, 0.2) is 6.29 Å². The molecule has 3 fully saturated rings. The molecule has 126 valence electrons. The van der Waals surface area contributed by atoms with E-state index in [1.165, 1.54) is 7.11 Å². The molecule has 0 amide bonds. The largest absolute Gasteiger partial charge is 0.465 e. The number of carbonyl (C=O) groups is 1. The first-order chi connectivity index (χ1) is 10.6. The second kappa shape index (κ2) is 6.83. The standard InChI is InChI=1S/C16H26O6/c1-20-16(19)11-7-10(3-4-12(11)17)15(18)21-8-9-2-5-13-14(6-9)22-13/h9-14,16-17,19H,2-8H2,1H3. The molecule has 0 aromatic carbocycles. The van der Waals surface area contributed by atoms with Gasteiger partial charge in [-0.3, -0.25) is 4.79 Å². The second-order valence-corrected chi connectivity index (χ2v) is 6.89. The number of ether oxygens (including phenoxy) is 3. The quantitative estimate of drug-likeness (QED) is 0.444. The van der Waals surface area contributed by atoms with Gasteiger partial charge in [-0.25, -0.2) is 0 Å². The van der Waals surface area contributed by atoms with Crippen LogP contribution < -0.4 is 0 Å². The summed E-state index contributed by atoms with van der Waals surface area (Å²) in [7, 11) is 1.40. The fourth-order valence-electron chi connectivity index (χ4n) is 3.84. The molecule has 0 spiro atoms. The molecule has 2 saturated carbocycles. The third-order valence-electron chi connectivity index (χ3n) is 5.38. The predicted molar refractivity (Wildman–Crippen MR) is 76.8 cm³/mol. The van der Waals surface area contributed by atoms with Crippen molar-refractivity contribution in [3.8, 4) is 0 Å². The highest BCUT2D eigenvalue weighted by Crippen LogP contribution is 2.39. The normalized spacial score (nSPS) is 42.3. The highest BCUT2D eigenvalue weighted by Gasteiger charge is 2.44. The number of aliphatic hydroxyl groups excluding tert-OH is 2. The fraction of sp³-hybridized carbons (Fsp3) is 0.938. The minimum atomic E-state index is -1.03. The fourth-order valence-corrected chi connectivity index (χ4v) is 3.84. The Morgan fingerprint density at radius 3 is 2.77 bits per heavy atom. The monoisotopic (exact) mass is 314 g/mol. The minimum Gasteiger partial charge on any atom is -0.465 e. The van der Waals surface area contributed by atoms with Crippen LogP contribution in [0.5, 0.6) is 0 Å². The molecule has 3 aliphatic rings. The molecular formula is C16H26O6. The van der Waals surface area contributed by atoms with Crippen molar-refractivity contribution in [3.63, 3.8) is 0 Å². The van der Waals surface area contributed by atoms with Crippen LogP contribution in [0.25, 0.3) is 0 Å². The average Bonchev–Trinajstić information content (AvgIpc) is 3.31. The van der Waals surface area contributed by atoms with Crippen molar-refractivity contribution in [2.24, 2.45) is 17.8 Å². The van der Waals surface area contributed by atoms with Crippen molar-refractivity contribution in [2.45, 2.75) is 63.1 Å². The Hall–Kier alpha value is -0.690. The van der Waals surface area contributed by atoms with Crippen molar-refractivity contribution in [3.05, 3.63) is 0 Å². The summed E-state index contributed by atoms with van der Waals surface area (Å²) in [6.45, 7) is 0.460. The van der Waals surface area contributed by atoms with E-state index in [0.29, 0.717) is 44.0 Å². The topological polar surface area (TPSA) is 88.5 Å². The summed E-state index contributed by atoms with van der Waals surface area (Å²) in [6.07, 6.45) is 3.82. The average molecular weight is 314 g/mol. The van der Waals surface area contributed by atoms with Crippen LogP contribution in [0, 0.1) is 17.8 Å². The molecule has 7 unspecified atom stereocenters. The van der Waals surface area contributed by atoms with E-state index in [2.05, 4.69) is 0 Å². The van der Waals surface area contributed by atoms with Crippen LogP contribution in [0.2, 0.25) is 0 Å². The summed E-state index contributed by atoms with van der Waals surface area (Å²) in [5.74, 6) is -0.486. The number of aliphatic hydroxyl groups is 2. The summed E-state index contributed by atoms with van der Waals surface area (Å²) in [5.41, 5.74) is 0. The van der Waals surface area contributed by atoms with E-state index in [1.807, 2.05) is 0 Å². The lowest BCUT2D eigenvalue weighted by Crippen LogP contribution is -2.40. The number of methoxy groups -OCH3 is 1. The summed E-state index contributed by atoms with van der Waals surface area (Å²) in [4.78, 5) is 12.2. The molecule has 0 bridgehead atoms. The highest BCUT2D eigenvalue weighted by atomic mass is 16.6. The van der Waals surface area contributed by atoms with Crippen LogP contribution in [0.15, 0.2) is 0 Å². The van der Waals surface area contributed by atoms with Crippen LogP contribution in [0.3, 0.4) is 0 Å². The summed E-state index contributed by atoms with van der Waals surface area (Å²) >= 11 is 0. The van der Waals surface area contributed by atoms with Gasteiger partial charge >= 0.3 is 5.97 Å². The Kier molecular flexibility index (Phi) is 5.02. The zero-order valence-corrected chi connectivity index (χ0v) is 13.0. The molecule has 1 heterocycles. The second-order valence-electron chi connectivity index (χ2n) is 6.89. The van der Waals surface area contributed by atoms with Crippen molar-refractivity contribution < 1.29 is 29.2 Å². The maximum Gasteiger partial charge on any atom is 0.308 e. The summed E-state index contributed by atoms with van der Waals surface area (Å²) < 4.78 is 15.9. The molecular weight excluding hydrogens is 288 g/mol. The van der Waals surface area contributed by atoms with E-state index >= 15 is 0 Å². The van der Waals surface area contributed by atoms with Gasteiger partial charge in [0.2, 0.25) is 0 Å². The molecule has 22 heavy (non-hydrogen) atoms. The Morgan fingerprint density at radius 1 is 1.23 bits per heavy atom. The van der Waals surface area contributed by atoms with Crippen molar-refractivity contribution in [1.29, 1.82) is 0 Å². The molecule has 6 heteroatoms. The van der Waals surface area contributed by atoms with Gasteiger partial charge in [-0.1, -0.05) is 0 Å². The summed E-state index contributed by atoms with van der Waals surface area (Å²) in [6, 6.07) is 0. The molecule has 0 aromatic rings. The molecule has 2 N–H and O–H groups in total. The molecule has 1 saturated heterocycles. The van der Waals surface area contributed by atoms with E-state index < -0.39 is 18.3 Å². The van der Waals surface area contributed by atoms with Crippen molar-refractivity contribution >= 4 is 5.97 Å². The summed E-state index contributed by atoms with van der Waals surface area (Å²) in [5, 5.41) is 19.7. The van der Waals surface area contributed by atoms with Gasteiger partial charge in [-0.2, -0.15) is 0 Å². The zero-order chi connectivity index (χ0) is 15.7. The SMILES string of the molecule is COC(O)C1CC(C(=O)OCC2CCC3OC3C2)CCC1O. The van der Waals surface area contributed by atoms with E-state index in [-0.39, 0.29) is 11.9 Å². The van der Waals surface area contributed by atoms with E-state index in [1.54, 1.807) is 0 Å². The molecule has 0 aromatic heterocycles. The first-order valence-electron chi connectivity index (χ1n) is 8.29. The first kappa shape index (κ1) is 16.2. The van der Waals surface area contributed by atoms with Crippen LogP contribution in [0.1, 0.15) is 38.5 Å². The smallest absolute Gasteiger partial charge is 0.308 e. The van der Waals surface area contributed by atoms with Gasteiger partial charge in [0.25, 0.3) is 0 Å². The number of carbonyl (C=O) groups excluding carboxylic acids is 1. The highest BCUT2D eigenvalue weighted by molar-refractivity contribution is 5.72. The van der Waals surface area contributed by atoms with Crippen molar-refractivity contribution in [1.82, 2.24) is 0 Å². The molecule has 7 atom stereocenters. The number of hydrogen-bond donors (Lipinski definition) is 2. The van der Waals surface area contributed by atoms with Gasteiger partial charge in [-0.05, 0) is 44.4 Å². The number of fused-ring (bicyclic) bond motifs is 1. The van der Waals surface area contributed by atoms with Crippen molar-refractivity contribution in [2.75, 3.05) is 13.7 Å². The lowest BCUT2D eigenvalue weighted by molar-refractivity contribution is -0.169. The Bertz CT molecular complexity index is 396. The predicted octanol–water partition coefficient (Wildman–Crippen LogP) is 0.839. The van der Waals surface area contributed by atoms with Crippen LogP contribution >= 0.6 is 0 Å². The van der Waals surface area contributed by atoms with Gasteiger partial charge in [-0.15, -0.1) is 0 Å². The van der Waals surface area contributed by atoms with Gasteiger partial charge < -0.3 is 24.4 Å². The third-order valence-corrected chi connectivity index (χ3v) is 5.38. The Labute approximate surface area is 130 Å². The van der Waals surface area contributed by atoms with Gasteiger partial charge in [0.1, 0.15) is 0 Å². The van der Waals surface area contributed by atoms with E-state index in [9.17, 15) is 15.0 Å². The maximum absolute atomic E-state index is 12.2. The molecule has 2 aliphatic carbocycles. The number of rotatable bonds is 5. The number of esters is 1. The van der Waals surface area contributed by atoms with E-state index in [4.69, 9.17) is 14.2 Å². The Balaban J connectivity index is 1.45. The number of epoxide rings is 1. The van der Waals surface area contributed by atoms with Crippen LogP contribution in [-0.2, 0) is 19.0 Å². The molecule has 6 nitrogen and oxygen atoms in total. The maximum atomic E-state index is 12.2.